The lowest BCUT2D eigenvalue weighted by molar-refractivity contribution is -0.115. The highest BCUT2D eigenvalue weighted by atomic mass is 32.2. The van der Waals surface area contributed by atoms with Crippen molar-refractivity contribution in [2.45, 2.75) is 34.6 Å². The lowest BCUT2D eigenvalue weighted by Crippen LogP contribution is -2.31. The number of amidine groups is 1. The zero-order valence-electron chi connectivity index (χ0n) is 20.8. The van der Waals surface area contributed by atoms with E-state index in [1.807, 2.05) is 89.2 Å². The number of rotatable bonds is 2. The summed E-state index contributed by atoms with van der Waals surface area (Å²) < 4.78 is 0. The highest BCUT2D eigenvalue weighted by molar-refractivity contribution is 8.19. The fourth-order valence-electron chi connectivity index (χ4n) is 4.94. The van der Waals surface area contributed by atoms with E-state index >= 15 is 0 Å². The first-order valence-corrected chi connectivity index (χ1v) is 12.4. The number of benzene rings is 3. The number of hydrogen-bond acceptors (Lipinski definition) is 4. The van der Waals surface area contributed by atoms with E-state index in [1.165, 1.54) is 11.8 Å². The molecule has 5 rings (SSSR count). The molecule has 1 saturated heterocycles. The van der Waals surface area contributed by atoms with Gasteiger partial charge in [0, 0.05) is 12.6 Å². The van der Waals surface area contributed by atoms with Crippen molar-refractivity contribution in [2.75, 3.05) is 16.8 Å². The van der Waals surface area contributed by atoms with Crippen LogP contribution >= 0.6 is 11.8 Å². The number of carbonyl (C=O) groups excluding carboxylic acids is 2. The monoisotopic (exact) mass is 481 g/mol. The maximum Gasteiger partial charge on any atom is 0.272 e. The Morgan fingerprint density at radius 3 is 1.80 bits per heavy atom. The Morgan fingerprint density at radius 2 is 1.20 bits per heavy atom. The Labute approximate surface area is 210 Å². The molecule has 3 aromatic carbocycles. The third-order valence-corrected chi connectivity index (χ3v) is 7.72. The molecular formula is C29H27N3O2S. The number of fused-ring (bicyclic) bond motifs is 1. The standard InChI is InChI=1S/C29H27N3O2S/c1-16-10-7-11-17(2)23(16)30-29-32(24-18(3)12-8-13-19(24)4)28(34)26(35-29)22-21-15-9-14-20(5)25(21)31(6)27(22)33/h7-15H,1-6H3/b26-22+,30-29?. The van der Waals surface area contributed by atoms with Gasteiger partial charge in [-0.05, 0) is 74.2 Å². The van der Waals surface area contributed by atoms with E-state index in [4.69, 9.17) is 4.99 Å². The van der Waals surface area contributed by atoms with Crippen LogP contribution in [0.15, 0.2) is 64.5 Å². The molecule has 0 N–H and O–H groups in total. The first kappa shape index (κ1) is 23.1. The summed E-state index contributed by atoms with van der Waals surface area (Å²) in [7, 11) is 1.76. The summed E-state index contributed by atoms with van der Waals surface area (Å²) in [6, 6.07) is 17.9. The minimum Gasteiger partial charge on any atom is -0.310 e. The predicted molar refractivity (Wildman–Crippen MR) is 146 cm³/mol. The van der Waals surface area contributed by atoms with Crippen molar-refractivity contribution in [1.82, 2.24) is 0 Å². The number of anilines is 2. The van der Waals surface area contributed by atoms with Gasteiger partial charge in [-0.2, -0.15) is 0 Å². The van der Waals surface area contributed by atoms with E-state index in [-0.39, 0.29) is 11.8 Å². The van der Waals surface area contributed by atoms with E-state index in [0.29, 0.717) is 15.6 Å². The molecule has 5 nitrogen and oxygen atoms in total. The van der Waals surface area contributed by atoms with Gasteiger partial charge in [-0.3, -0.25) is 14.5 Å². The van der Waals surface area contributed by atoms with Gasteiger partial charge in [0.1, 0.15) is 0 Å². The number of carbonyl (C=O) groups is 2. The molecule has 0 atom stereocenters. The summed E-state index contributed by atoms with van der Waals surface area (Å²) in [6.07, 6.45) is 0. The largest absolute Gasteiger partial charge is 0.310 e. The van der Waals surface area contributed by atoms with Crippen molar-refractivity contribution >= 4 is 51.4 Å². The van der Waals surface area contributed by atoms with Crippen LogP contribution in [0.5, 0.6) is 0 Å². The summed E-state index contributed by atoms with van der Waals surface area (Å²) in [6.45, 7) is 10.0. The van der Waals surface area contributed by atoms with Gasteiger partial charge in [-0.15, -0.1) is 0 Å². The number of aryl methyl sites for hydroxylation is 5. The van der Waals surface area contributed by atoms with Crippen LogP contribution in [0, 0.1) is 34.6 Å². The molecule has 176 valence electrons. The van der Waals surface area contributed by atoms with Crippen LogP contribution in [-0.2, 0) is 9.59 Å². The van der Waals surface area contributed by atoms with Crippen molar-refractivity contribution in [3.63, 3.8) is 0 Å². The Balaban J connectivity index is 1.78. The number of para-hydroxylation sites is 3. The third-order valence-electron chi connectivity index (χ3n) is 6.68. The van der Waals surface area contributed by atoms with Crippen LogP contribution in [0.1, 0.15) is 33.4 Å². The fourth-order valence-corrected chi connectivity index (χ4v) is 6.01. The second-order valence-corrected chi connectivity index (χ2v) is 10.1. The summed E-state index contributed by atoms with van der Waals surface area (Å²) in [4.78, 5) is 36.3. The second kappa shape index (κ2) is 8.54. The number of aliphatic imine (C=N–C) groups is 1. The van der Waals surface area contributed by atoms with Gasteiger partial charge in [-0.1, -0.05) is 54.6 Å². The highest BCUT2D eigenvalue weighted by Gasteiger charge is 2.43. The number of likely N-dealkylation sites (N-methyl/N-ethyl adjacent to an activating group) is 1. The molecule has 2 aliphatic heterocycles. The van der Waals surface area contributed by atoms with Crippen LogP contribution in [0.25, 0.3) is 5.57 Å². The Bertz CT molecular complexity index is 1440. The first-order chi connectivity index (χ1) is 16.7. The maximum atomic E-state index is 14.1. The number of hydrogen-bond donors (Lipinski definition) is 0. The molecule has 3 aromatic rings. The molecule has 6 heteroatoms. The van der Waals surface area contributed by atoms with Gasteiger partial charge >= 0.3 is 0 Å². The first-order valence-electron chi connectivity index (χ1n) is 11.6. The summed E-state index contributed by atoms with van der Waals surface area (Å²) in [5.74, 6) is -0.386. The molecule has 2 aliphatic rings. The van der Waals surface area contributed by atoms with Crippen LogP contribution in [0.3, 0.4) is 0 Å². The quantitative estimate of drug-likeness (QED) is 0.399. The SMILES string of the molecule is Cc1cccc(C)c1N=C1S/C(=C2/C(=O)N(C)c3c(C)cccc32)C(=O)N1c1c(C)cccc1C. The molecule has 0 radical (unpaired) electrons. The number of amides is 2. The molecule has 0 saturated carbocycles. The van der Waals surface area contributed by atoms with Crippen molar-refractivity contribution in [3.8, 4) is 0 Å². The van der Waals surface area contributed by atoms with Gasteiger partial charge < -0.3 is 4.90 Å². The number of nitrogens with zero attached hydrogens (tertiary/aromatic N) is 3. The molecule has 0 aliphatic carbocycles. The molecule has 2 heterocycles. The predicted octanol–water partition coefficient (Wildman–Crippen LogP) is 6.38. The normalized spacial score (nSPS) is 18.7. The van der Waals surface area contributed by atoms with Crippen LogP contribution in [0.2, 0.25) is 0 Å². The van der Waals surface area contributed by atoms with E-state index in [9.17, 15) is 9.59 Å². The molecule has 0 spiro atoms. The minimum atomic E-state index is -0.219. The second-order valence-electron chi connectivity index (χ2n) is 9.16. The molecular weight excluding hydrogens is 454 g/mol. The number of thioether (sulfide) groups is 1. The van der Waals surface area contributed by atoms with Gasteiger partial charge in [0.2, 0.25) is 0 Å². The Kier molecular flexibility index (Phi) is 5.64. The van der Waals surface area contributed by atoms with Gasteiger partial charge in [0.15, 0.2) is 5.17 Å². The van der Waals surface area contributed by atoms with Crippen molar-refractivity contribution in [3.05, 3.63) is 92.9 Å². The van der Waals surface area contributed by atoms with E-state index in [0.717, 1.165) is 50.4 Å². The van der Waals surface area contributed by atoms with Crippen molar-refractivity contribution in [1.29, 1.82) is 0 Å². The molecule has 2 amide bonds. The zero-order valence-corrected chi connectivity index (χ0v) is 21.6. The minimum absolute atomic E-state index is 0.167. The average molecular weight is 482 g/mol. The van der Waals surface area contributed by atoms with Crippen LogP contribution in [-0.4, -0.2) is 24.0 Å². The van der Waals surface area contributed by atoms with Crippen molar-refractivity contribution in [2.24, 2.45) is 4.99 Å². The van der Waals surface area contributed by atoms with Crippen LogP contribution in [0.4, 0.5) is 17.1 Å². The van der Waals surface area contributed by atoms with E-state index < -0.39 is 0 Å². The van der Waals surface area contributed by atoms with Crippen molar-refractivity contribution < 1.29 is 9.59 Å². The van der Waals surface area contributed by atoms with Gasteiger partial charge in [0.25, 0.3) is 11.8 Å². The average Bonchev–Trinajstić information content (AvgIpc) is 3.25. The fraction of sp³-hybridized carbons (Fsp3) is 0.207. The lowest BCUT2D eigenvalue weighted by atomic mass is 10.0. The van der Waals surface area contributed by atoms with E-state index in [2.05, 4.69) is 0 Å². The van der Waals surface area contributed by atoms with Crippen LogP contribution < -0.4 is 9.80 Å². The molecule has 0 bridgehead atoms. The van der Waals surface area contributed by atoms with Gasteiger partial charge in [-0.25, -0.2) is 4.99 Å². The lowest BCUT2D eigenvalue weighted by Gasteiger charge is -2.21. The molecule has 1 fully saturated rings. The maximum absolute atomic E-state index is 14.1. The molecule has 35 heavy (non-hydrogen) atoms. The molecule has 0 unspecified atom stereocenters. The summed E-state index contributed by atoms with van der Waals surface area (Å²) in [5.41, 5.74) is 8.78. The summed E-state index contributed by atoms with van der Waals surface area (Å²) in [5, 5.41) is 0.559. The summed E-state index contributed by atoms with van der Waals surface area (Å²) >= 11 is 1.28. The van der Waals surface area contributed by atoms with E-state index in [1.54, 1.807) is 16.8 Å². The molecule has 0 aromatic heterocycles. The smallest absolute Gasteiger partial charge is 0.272 e. The Hall–Kier alpha value is -3.64. The van der Waals surface area contributed by atoms with Gasteiger partial charge in [0.05, 0.1) is 27.5 Å². The third kappa shape index (κ3) is 3.60. The Morgan fingerprint density at radius 1 is 0.686 bits per heavy atom. The topological polar surface area (TPSA) is 53.0 Å². The zero-order chi connectivity index (χ0) is 25.0. The highest BCUT2D eigenvalue weighted by Crippen LogP contribution is 2.47.